The van der Waals surface area contributed by atoms with E-state index in [9.17, 15) is 9.59 Å². The second-order valence-electron chi connectivity index (χ2n) is 5.28. The molecule has 1 N–H and O–H groups in total. The van der Waals surface area contributed by atoms with Gasteiger partial charge in [-0.1, -0.05) is 44.2 Å². The van der Waals surface area contributed by atoms with Crippen LogP contribution in [0.1, 0.15) is 26.3 Å². The van der Waals surface area contributed by atoms with Gasteiger partial charge >= 0.3 is 12.0 Å². The summed E-state index contributed by atoms with van der Waals surface area (Å²) in [5, 5.41) is 2.72. The average Bonchev–Trinajstić information content (AvgIpc) is 2.49. The molecule has 1 rings (SSSR count). The summed E-state index contributed by atoms with van der Waals surface area (Å²) in [4.78, 5) is 25.5. The van der Waals surface area contributed by atoms with E-state index in [4.69, 9.17) is 4.74 Å². The third kappa shape index (κ3) is 5.45. The van der Waals surface area contributed by atoms with E-state index in [0.29, 0.717) is 6.54 Å². The Kier molecular flexibility index (Phi) is 6.72. The number of carbonyl (C=O) groups excluding carboxylic acids is 2. The molecule has 0 fully saturated rings. The first-order valence-electron chi connectivity index (χ1n) is 7.17. The lowest BCUT2D eigenvalue weighted by atomic mass is 10.1. The largest absolute Gasteiger partial charge is 0.459 e. The number of esters is 1. The molecule has 0 bridgehead atoms. The molecule has 2 amide bonds. The Labute approximate surface area is 126 Å². The first kappa shape index (κ1) is 17.0. The third-order valence-electron chi connectivity index (χ3n) is 3.24. The first-order valence-corrected chi connectivity index (χ1v) is 7.17. The van der Waals surface area contributed by atoms with Gasteiger partial charge in [-0.15, -0.1) is 0 Å². The number of rotatable bonds is 6. The molecule has 1 aromatic carbocycles. The fraction of sp³-hybridized carbons (Fsp3) is 0.500. The van der Waals surface area contributed by atoms with Gasteiger partial charge in [0.1, 0.15) is 12.6 Å². The van der Waals surface area contributed by atoms with E-state index in [1.165, 1.54) is 4.90 Å². The smallest absolute Gasteiger partial charge is 0.329 e. The zero-order chi connectivity index (χ0) is 15.8. The molecule has 0 aliphatic rings. The molecule has 0 radical (unpaired) electrons. The van der Waals surface area contributed by atoms with Crippen LogP contribution in [0.15, 0.2) is 30.3 Å². The Morgan fingerprint density at radius 2 is 1.86 bits per heavy atom. The number of hydrogen-bond donors (Lipinski definition) is 1. The number of amides is 2. The van der Waals surface area contributed by atoms with Gasteiger partial charge in [-0.2, -0.15) is 0 Å². The van der Waals surface area contributed by atoms with Gasteiger partial charge in [0.15, 0.2) is 0 Å². The number of benzene rings is 1. The highest BCUT2D eigenvalue weighted by molar-refractivity contribution is 5.83. The Balaban J connectivity index is 2.59. The molecule has 1 unspecified atom stereocenters. The molecule has 0 saturated carbocycles. The lowest BCUT2D eigenvalue weighted by molar-refractivity contribution is -0.148. The summed E-state index contributed by atoms with van der Waals surface area (Å²) in [6.07, 6.45) is 0. The van der Waals surface area contributed by atoms with Gasteiger partial charge in [-0.05, 0) is 18.4 Å². The molecule has 0 aliphatic carbocycles. The van der Waals surface area contributed by atoms with Crippen LogP contribution in [0, 0.1) is 5.92 Å². The van der Waals surface area contributed by atoms with Gasteiger partial charge in [-0.3, -0.25) is 0 Å². The van der Waals surface area contributed by atoms with Crippen molar-refractivity contribution < 1.29 is 14.3 Å². The summed E-state index contributed by atoms with van der Waals surface area (Å²) in [7, 11) is 1.68. The third-order valence-corrected chi connectivity index (χ3v) is 3.24. The van der Waals surface area contributed by atoms with Crippen LogP contribution in [0.5, 0.6) is 0 Å². The van der Waals surface area contributed by atoms with Crippen molar-refractivity contribution in [2.75, 3.05) is 13.6 Å². The van der Waals surface area contributed by atoms with E-state index in [1.807, 2.05) is 51.1 Å². The van der Waals surface area contributed by atoms with E-state index in [2.05, 4.69) is 5.32 Å². The minimum atomic E-state index is -0.643. The van der Waals surface area contributed by atoms with E-state index < -0.39 is 12.0 Å². The summed E-state index contributed by atoms with van der Waals surface area (Å²) in [6, 6.07) is 8.55. The minimum absolute atomic E-state index is 0.0394. The van der Waals surface area contributed by atoms with Crippen LogP contribution in [0.25, 0.3) is 0 Å². The Bertz CT molecular complexity index is 460. The Hall–Kier alpha value is -2.04. The van der Waals surface area contributed by atoms with Crippen LogP contribution in [0.2, 0.25) is 0 Å². The highest BCUT2D eigenvalue weighted by atomic mass is 16.5. The first-order chi connectivity index (χ1) is 9.95. The zero-order valence-corrected chi connectivity index (χ0v) is 13.1. The average molecular weight is 292 g/mol. The SMILES string of the molecule is CCN(C)C(=O)NC(C(=O)OCc1ccccc1)C(C)C. The van der Waals surface area contributed by atoms with Gasteiger partial charge in [0.05, 0.1) is 0 Å². The predicted molar refractivity (Wildman–Crippen MR) is 81.7 cm³/mol. The van der Waals surface area contributed by atoms with Crippen LogP contribution >= 0.6 is 0 Å². The fourth-order valence-corrected chi connectivity index (χ4v) is 1.70. The van der Waals surface area contributed by atoms with Gasteiger partial charge in [0.2, 0.25) is 0 Å². The number of urea groups is 1. The summed E-state index contributed by atoms with van der Waals surface area (Å²) in [6.45, 7) is 6.41. The maximum absolute atomic E-state index is 12.1. The van der Waals surface area contributed by atoms with Crippen molar-refractivity contribution in [3.63, 3.8) is 0 Å². The van der Waals surface area contributed by atoms with Crippen molar-refractivity contribution in [1.82, 2.24) is 10.2 Å². The van der Waals surface area contributed by atoms with Crippen molar-refractivity contribution in [2.24, 2.45) is 5.92 Å². The normalized spacial score (nSPS) is 11.9. The van der Waals surface area contributed by atoms with E-state index >= 15 is 0 Å². The van der Waals surface area contributed by atoms with E-state index in [-0.39, 0.29) is 18.6 Å². The quantitative estimate of drug-likeness (QED) is 0.819. The van der Waals surface area contributed by atoms with Crippen LogP contribution < -0.4 is 5.32 Å². The molecule has 0 heterocycles. The summed E-state index contributed by atoms with van der Waals surface area (Å²) < 4.78 is 5.29. The summed E-state index contributed by atoms with van der Waals surface area (Å²) >= 11 is 0. The molecular weight excluding hydrogens is 268 g/mol. The minimum Gasteiger partial charge on any atom is -0.459 e. The second kappa shape index (κ2) is 8.29. The molecule has 1 atom stereocenters. The summed E-state index contributed by atoms with van der Waals surface area (Å²) in [5.41, 5.74) is 0.922. The Morgan fingerprint density at radius 3 is 2.38 bits per heavy atom. The molecule has 116 valence electrons. The number of nitrogens with one attached hydrogen (secondary N) is 1. The van der Waals surface area contributed by atoms with Crippen LogP contribution in [0.4, 0.5) is 4.79 Å². The van der Waals surface area contributed by atoms with Crippen LogP contribution in [-0.4, -0.2) is 36.5 Å². The maximum atomic E-state index is 12.1. The van der Waals surface area contributed by atoms with Crippen molar-refractivity contribution in [2.45, 2.75) is 33.4 Å². The zero-order valence-electron chi connectivity index (χ0n) is 13.1. The number of ether oxygens (including phenoxy) is 1. The standard InChI is InChI=1S/C16H24N2O3/c1-5-18(4)16(20)17-14(12(2)3)15(19)21-11-13-9-7-6-8-10-13/h6-10,12,14H,5,11H2,1-4H3,(H,17,20). The molecule has 1 aromatic rings. The number of carbonyl (C=O) groups is 2. The predicted octanol–water partition coefficient (Wildman–Crippen LogP) is 2.42. The van der Waals surface area contributed by atoms with Gasteiger partial charge in [-0.25, -0.2) is 9.59 Å². The molecule has 0 aromatic heterocycles. The molecule has 5 heteroatoms. The highest BCUT2D eigenvalue weighted by Gasteiger charge is 2.26. The number of nitrogens with zero attached hydrogens (tertiary/aromatic N) is 1. The van der Waals surface area contributed by atoms with Crippen molar-refractivity contribution in [3.8, 4) is 0 Å². The lowest BCUT2D eigenvalue weighted by Gasteiger charge is -2.24. The van der Waals surface area contributed by atoms with Crippen molar-refractivity contribution in [1.29, 1.82) is 0 Å². The van der Waals surface area contributed by atoms with E-state index in [1.54, 1.807) is 7.05 Å². The van der Waals surface area contributed by atoms with Gasteiger partial charge in [0.25, 0.3) is 0 Å². The molecule has 0 spiro atoms. The lowest BCUT2D eigenvalue weighted by Crippen LogP contribution is -2.49. The molecule has 0 saturated heterocycles. The van der Waals surface area contributed by atoms with Crippen LogP contribution in [0.3, 0.4) is 0 Å². The molecule has 21 heavy (non-hydrogen) atoms. The number of hydrogen-bond acceptors (Lipinski definition) is 3. The topological polar surface area (TPSA) is 58.6 Å². The summed E-state index contributed by atoms with van der Waals surface area (Å²) in [5.74, 6) is -0.450. The fourth-order valence-electron chi connectivity index (χ4n) is 1.70. The van der Waals surface area contributed by atoms with Gasteiger partial charge in [0, 0.05) is 13.6 Å². The molecule has 0 aliphatic heterocycles. The molecular formula is C16H24N2O3. The molecule has 5 nitrogen and oxygen atoms in total. The van der Waals surface area contributed by atoms with Crippen molar-refractivity contribution >= 4 is 12.0 Å². The highest BCUT2D eigenvalue weighted by Crippen LogP contribution is 2.08. The van der Waals surface area contributed by atoms with Gasteiger partial charge < -0.3 is 15.0 Å². The van der Waals surface area contributed by atoms with Crippen molar-refractivity contribution in [3.05, 3.63) is 35.9 Å². The monoisotopic (exact) mass is 292 g/mol. The van der Waals surface area contributed by atoms with E-state index in [0.717, 1.165) is 5.56 Å². The Morgan fingerprint density at radius 1 is 1.24 bits per heavy atom. The maximum Gasteiger partial charge on any atom is 0.329 e. The van der Waals surface area contributed by atoms with Crippen LogP contribution in [-0.2, 0) is 16.1 Å². The second-order valence-corrected chi connectivity index (χ2v) is 5.28.